The summed E-state index contributed by atoms with van der Waals surface area (Å²) < 4.78 is 6.47. The molecule has 4 aromatic rings. The average molecular weight is 394 g/mol. The maximum absolute atomic E-state index is 7.13. The lowest BCUT2D eigenvalue weighted by Crippen LogP contribution is -2.06. The molecule has 0 amide bonds. The van der Waals surface area contributed by atoms with E-state index < -0.39 is 0 Å². The van der Waals surface area contributed by atoms with Crippen LogP contribution in [-0.4, -0.2) is 0 Å². The number of thiocyanates is 1. The number of fused-ring (bicyclic) bond motifs is 3. The van der Waals surface area contributed by atoms with Crippen molar-refractivity contribution in [2.24, 2.45) is 0 Å². The van der Waals surface area contributed by atoms with Crippen molar-refractivity contribution in [2.45, 2.75) is 12.8 Å². The first kappa shape index (κ1) is 18.9. The Morgan fingerprint density at radius 2 is 1.31 bits per heavy atom. The van der Waals surface area contributed by atoms with Crippen molar-refractivity contribution in [3.8, 4) is 39.2 Å². The fourth-order valence-corrected chi connectivity index (χ4v) is 3.85. The quantitative estimate of drug-likeness (QED) is 0.217. The summed E-state index contributed by atoms with van der Waals surface area (Å²) in [5.74, 6) is 1.94. The van der Waals surface area contributed by atoms with Crippen LogP contribution in [-0.2, 0) is 25.5 Å². The molecular formula is C26H19NOS. The summed E-state index contributed by atoms with van der Waals surface area (Å²) >= 11 is 3.70. The molecule has 5 rings (SSSR count). The fourth-order valence-electron chi connectivity index (χ4n) is 3.85. The van der Waals surface area contributed by atoms with Crippen LogP contribution >= 0.6 is 0 Å². The number of benzene rings is 3. The highest BCUT2D eigenvalue weighted by Crippen LogP contribution is 2.41. The monoisotopic (exact) mass is 393 g/mol. The zero-order valence-corrected chi connectivity index (χ0v) is 16.7. The van der Waals surface area contributed by atoms with Crippen molar-refractivity contribution >= 4 is 12.6 Å². The fraction of sp³-hybridized carbons (Fsp3) is 0.0769. The van der Waals surface area contributed by atoms with Crippen molar-refractivity contribution in [1.82, 2.24) is 0 Å². The van der Waals surface area contributed by atoms with Crippen LogP contribution in [0, 0.1) is 10.7 Å². The van der Waals surface area contributed by atoms with Crippen molar-refractivity contribution in [1.29, 1.82) is 5.26 Å². The van der Waals surface area contributed by atoms with Gasteiger partial charge in [-0.1, -0.05) is 72.1 Å². The van der Waals surface area contributed by atoms with Gasteiger partial charge in [-0.15, -0.1) is 0 Å². The van der Waals surface area contributed by atoms with Crippen LogP contribution in [0.25, 0.3) is 33.8 Å². The maximum atomic E-state index is 7.13. The van der Waals surface area contributed by atoms with Gasteiger partial charge in [0.15, 0.2) is 0 Å². The summed E-state index contributed by atoms with van der Waals surface area (Å²) in [4.78, 5) is 0. The van der Waals surface area contributed by atoms with Crippen molar-refractivity contribution in [3.05, 3.63) is 102 Å². The van der Waals surface area contributed by atoms with E-state index in [1.807, 2.05) is 6.07 Å². The van der Waals surface area contributed by atoms with Crippen molar-refractivity contribution in [2.75, 3.05) is 0 Å². The first-order valence-corrected chi connectivity index (χ1v) is 9.93. The lowest BCUT2D eigenvalue weighted by molar-refractivity contribution is 0.569. The maximum Gasteiger partial charge on any atom is 0.364 e. The van der Waals surface area contributed by atoms with Crippen LogP contribution in [0.15, 0.2) is 95.4 Å². The molecule has 0 N–H and O–H groups in total. The van der Waals surface area contributed by atoms with Crippen LogP contribution in [0.3, 0.4) is 0 Å². The number of hydrogen-bond acceptors (Lipinski definition) is 2. The number of rotatable bonds is 2. The molecule has 1 aliphatic rings. The largest absolute Gasteiger partial charge is 0.696 e. The second-order valence-corrected chi connectivity index (χ2v) is 7.00. The molecule has 0 aliphatic heterocycles. The van der Waals surface area contributed by atoms with E-state index in [-0.39, 0.29) is 0 Å². The van der Waals surface area contributed by atoms with Gasteiger partial charge in [-0.25, -0.2) is 9.68 Å². The molecule has 0 bridgehead atoms. The second kappa shape index (κ2) is 8.68. The Morgan fingerprint density at radius 1 is 0.724 bits per heavy atom. The van der Waals surface area contributed by atoms with Gasteiger partial charge in [-0.3, -0.25) is 0 Å². The van der Waals surface area contributed by atoms with E-state index in [1.54, 1.807) is 0 Å². The first-order chi connectivity index (χ1) is 14.3. The van der Waals surface area contributed by atoms with Gasteiger partial charge in [0, 0.05) is 5.56 Å². The number of nitrogens with zero attached hydrogens (tertiary/aromatic N) is 1. The van der Waals surface area contributed by atoms with E-state index in [0.717, 1.165) is 29.9 Å². The molecule has 0 saturated carbocycles. The van der Waals surface area contributed by atoms with Gasteiger partial charge >= 0.3 is 11.5 Å². The van der Waals surface area contributed by atoms with Gasteiger partial charge in [0.2, 0.25) is 0 Å². The molecule has 1 aliphatic carbocycles. The van der Waals surface area contributed by atoms with Crippen LogP contribution in [0.2, 0.25) is 0 Å². The smallest absolute Gasteiger partial charge is 0.364 e. The third kappa shape index (κ3) is 3.89. The molecule has 1 aromatic heterocycles. The van der Waals surface area contributed by atoms with Gasteiger partial charge in [-0.2, -0.15) is 0 Å². The molecule has 29 heavy (non-hydrogen) atoms. The Labute approximate surface area is 176 Å². The number of hydrogen-bond donors (Lipinski definition) is 0. The summed E-state index contributed by atoms with van der Waals surface area (Å²) in [7, 11) is 0. The lowest BCUT2D eigenvalue weighted by atomic mass is 9.85. The average Bonchev–Trinajstić information content (AvgIpc) is 2.80. The molecule has 0 saturated heterocycles. The highest BCUT2D eigenvalue weighted by molar-refractivity contribution is 7.64. The topological polar surface area (TPSA) is 35.1 Å². The molecule has 0 spiro atoms. The predicted octanol–water partition coefficient (Wildman–Crippen LogP) is 6.67. The van der Waals surface area contributed by atoms with Crippen LogP contribution in [0.4, 0.5) is 0 Å². The lowest BCUT2D eigenvalue weighted by Gasteiger charge is -2.16. The summed E-state index contributed by atoms with van der Waals surface area (Å²) in [6, 6.07) is 31.8. The van der Waals surface area contributed by atoms with Gasteiger partial charge in [-0.05, 0) is 42.2 Å². The Kier molecular flexibility index (Phi) is 5.65. The van der Waals surface area contributed by atoms with E-state index in [0.29, 0.717) is 0 Å². The van der Waals surface area contributed by atoms with Crippen molar-refractivity contribution < 1.29 is 4.42 Å². The van der Waals surface area contributed by atoms with Crippen molar-refractivity contribution in [3.63, 3.8) is 0 Å². The Hall–Kier alpha value is -3.48. The highest BCUT2D eigenvalue weighted by Gasteiger charge is 2.31. The molecular weight excluding hydrogens is 374 g/mol. The number of nitriles is 1. The minimum atomic E-state index is 0.917. The van der Waals surface area contributed by atoms with E-state index in [9.17, 15) is 0 Å². The van der Waals surface area contributed by atoms with E-state index >= 15 is 0 Å². The third-order valence-corrected chi connectivity index (χ3v) is 5.14. The Balaban J connectivity index is 0.000000645. The minimum absolute atomic E-state index is 0.917. The summed E-state index contributed by atoms with van der Waals surface area (Å²) in [5.41, 5.74) is 7.54. The predicted molar refractivity (Wildman–Crippen MR) is 120 cm³/mol. The zero-order valence-electron chi connectivity index (χ0n) is 15.8. The molecule has 3 heteroatoms. The summed E-state index contributed by atoms with van der Waals surface area (Å²) in [5, 5.41) is 8.47. The van der Waals surface area contributed by atoms with Gasteiger partial charge < -0.3 is 12.6 Å². The standard InChI is InChI=1S/C25H19O.CHNS/c1-3-9-18(10-4-1)23-17-24(20-12-5-2-6-13-20)26-25-21-14-8-7-11-19(21)15-16-22(23)25;2-1-3/h1-14,17H,15-16H2;3H/q+1;/p-1. The molecule has 1 heterocycles. The second-order valence-electron chi connectivity index (χ2n) is 6.81. The molecule has 3 aromatic carbocycles. The molecule has 0 radical (unpaired) electrons. The molecule has 0 fully saturated rings. The van der Waals surface area contributed by atoms with Gasteiger partial charge in [0.05, 0.1) is 22.8 Å². The van der Waals surface area contributed by atoms with Crippen LogP contribution in [0.1, 0.15) is 11.1 Å². The van der Waals surface area contributed by atoms with Gasteiger partial charge in [0.25, 0.3) is 0 Å². The highest BCUT2D eigenvalue weighted by atomic mass is 32.1. The Bertz CT molecular complexity index is 1150. The molecule has 2 nitrogen and oxygen atoms in total. The normalized spacial score (nSPS) is 11.3. The summed E-state index contributed by atoms with van der Waals surface area (Å²) in [6.45, 7) is 0. The summed E-state index contributed by atoms with van der Waals surface area (Å²) in [6.07, 6.45) is 2.07. The molecule has 140 valence electrons. The Morgan fingerprint density at radius 3 is 2.00 bits per heavy atom. The SMILES string of the molecule is N#C[S-].c1ccc(-c2cc(-c3ccccc3)c3c([o+]2)-c2ccccc2CC3)cc1. The van der Waals surface area contributed by atoms with E-state index in [4.69, 9.17) is 9.68 Å². The van der Waals surface area contributed by atoms with E-state index in [1.165, 1.54) is 33.2 Å². The molecule has 0 atom stereocenters. The third-order valence-electron chi connectivity index (χ3n) is 5.14. The molecule has 0 unspecified atom stereocenters. The number of aryl methyl sites for hydroxylation is 1. The van der Waals surface area contributed by atoms with Crippen LogP contribution < -0.4 is 0 Å². The van der Waals surface area contributed by atoms with Crippen LogP contribution in [0.5, 0.6) is 0 Å². The minimum Gasteiger partial charge on any atom is -0.696 e. The van der Waals surface area contributed by atoms with E-state index in [2.05, 4.69) is 97.6 Å². The first-order valence-electron chi connectivity index (χ1n) is 9.52. The zero-order chi connectivity index (χ0) is 20.1. The van der Waals surface area contributed by atoms with Gasteiger partial charge in [0.1, 0.15) is 0 Å².